The van der Waals surface area contributed by atoms with E-state index < -0.39 is 24.6 Å². The van der Waals surface area contributed by atoms with Gasteiger partial charge < -0.3 is 24.9 Å². The third kappa shape index (κ3) is 8.87. The van der Waals surface area contributed by atoms with E-state index in [0.29, 0.717) is 16.9 Å². The molecule has 0 aliphatic carbocycles. The third-order valence-corrected chi connectivity index (χ3v) is 6.26. The second-order valence-corrected chi connectivity index (χ2v) is 9.68. The summed E-state index contributed by atoms with van der Waals surface area (Å²) in [7, 11) is 0. The van der Waals surface area contributed by atoms with Gasteiger partial charge in [0.2, 0.25) is 0 Å². The molecule has 3 rings (SSSR count). The van der Waals surface area contributed by atoms with Gasteiger partial charge in [-0.05, 0) is 65.6 Å². The van der Waals surface area contributed by atoms with E-state index in [4.69, 9.17) is 4.74 Å². The molecular weight excluding hydrogens is 497 g/mol. The first-order valence-corrected chi connectivity index (χ1v) is 12.0. The van der Waals surface area contributed by atoms with Gasteiger partial charge in [0.1, 0.15) is 24.0 Å². The minimum atomic E-state index is -1.40. The second kappa shape index (κ2) is 14.1. The smallest absolute Gasteiger partial charge is 0.550 e. The summed E-state index contributed by atoms with van der Waals surface area (Å²) >= 11 is 1.45. The molecule has 0 heterocycles. The molecule has 2 atom stereocenters. The molecule has 186 valence electrons. The Bertz CT molecular complexity index is 1140. The van der Waals surface area contributed by atoms with Crippen LogP contribution in [0.25, 0.3) is 11.1 Å². The molecule has 0 amide bonds. The van der Waals surface area contributed by atoms with Crippen molar-refractivity contribution < 1.29 is 63.2 Å². The molecule has 9 heteroatoms. The number of carbonyl (C=O) groups is 1. The standard InChI is InChI=1S/C27H28F2O5S.Na/c1-16(2)24-13-23(35-22-9-7-19(29)8-10-22)14-25(17-3-5-18(28)6-4-17)27(24)34-15-21(31)11-20(30)12-26(32)33;/h3-10,13-14,16,20-21,30-31H,11-12,15H2,1-2H3,(H,32,33);/q;+1/p-1/t20-,21?;/m1./s1. The van der Waals surface area contributed by atoms with Crippen molar-refractivity contribution in [2.24, 2.45) is 0 Å². The Morgan fingerprint density at radius 3 is 2.08 bits per heavy atom. The van der Waals surface area contributed by atoms with Gasteiger partial charge in [-0.15, -0.1) is 0 Å². The first kappa shape index (κ1) is 30.3. The maximum Gasteiger partial charge on any atom is 1.00 e. The first-order valence-electron chi connectivity index (χ1n) is 11.2. The number of carboxylic acid groups (broad SMARTS) is 1. The maximum absolute atomic E-state index is 13.6. The normalized spacial score (nSPS) is 12.6. The summed E-state index contributed by atoms with van der Waals surface area (Å²) in [6, 6.07) is 16.0. The van der Waals surface area contributed by atoms with Crippen LogP contribution in [0.2, 0.25) is 0 Å². The summed E-state index contributed by atoms with van der Waals surface area (Å²) in [5.74, 6) is -1.58. The predicted molar refractivity (Wildman–Crippen MR) is 128 cm³/mol. The van der Waals surface area contributed by atoms with Gasteiger partial charge in [-0.3, -0.25) is 0 Å². The summed E-state index contributed by atoms with van der Waals surface area (Å²) in [5.41, 5.74) is 2.23. The minimum Gasteiger partial charge on any atom is -0.550 e. The van der Waals surface area contributed by atoms with Gasteiger partial charge in [-0.2, -0.15) is 0 Å². The molecule has 1 unspecified atom stereocenters. The summed E-state index contributed by atoms with van der Waals surface area (Å²) in [6.45, 7) is 3.80. The molecule has 2 N–H and O–H groups in total. The molecule has 0 radical (unpaired) electrons. The molecule has 3 aromatic carbocycles. The fraction of sp³-hybridized carbons (Fsp3) is 0.296. The van der Waals surface area contributed by atoms with Crippen LogP contribution in [0, 0.1) is 11.6 Å². The van der Waals surface area contributed by atoms with Crippen molar-refractivity contribution in [3.05, 3.63) is 77.9 Å². The fourth-order valence-electron chi connectivity index (χ4n) is 3.59. The minimum absolute atomic E-state index is 0. The molecule has 36 heavy (non-hydrogen) atoms. The monoisotopic (exact) mass is 524 g/mol. The van der Waals surface area contributed by atoms with E-state index in [1.54, 1.807) is 24.3 Å². The van der Waals surface area contributed by atoms with Gasteiger partial charge in [-0.25, -0.2) is 8.78 Å². The largest absolute Gasteiger partial charge is 1.00 e. The molecule has 5 nitrogen and oxygen atoms in total. The van der Waals surface area contributed by atoms with Crippen LogP contribution in [0.1, 0.15) is 38.2 Å². The molecule has 0 fully saturated rings. The predicted octanol–water partition coefficient (Wildman–Crippen LogP) is 1.54. The zero-order chi connectivity index (χ0) is 25.5. The van der Waals surface area contributed by atoms with E-state index in [9.17, 15) is 28.9 Å². The molecule has 0 aliphatic heterocycles. The summed E-state index contributed by atoms with van der Waals surface area (Å²) in [4.78, 5) is 12.4. The SMILES string of the molecule is CC(C)c1cc(Sc2ccc(F)cc2)cc(-c2ccc(F)cc2)c1OCC(O)C[C@@H](O)CC(=O)[O-].[Na+]. The number of aliphatic hydroxyl groups excluding tert-OH is 2. The van der Waals surface area contributed by atoms with Crippen LogP contribution in [0.4, 0.5) is 8.78 Å². The van der Waals surface area contributed by atoms with Crippen molar-refractivity contribution in [3.8, 4) is 16.9 Å². The quantitative estimate of drug-likeness (QED) is 0.370. The van der Waals surface area contributed by atoms with Crippen molar-refractivity contribution >= 4 is 17.7 Å². The molecule has 0 spiro atoms. The Balaban J connectivity index is 0.00000456. The van der Waals surface area contributed by atoms with Crippen molar-refractivity contribution in [2.45, 2.75) is 54.6 Å². The molecule has 0 bridgehead atoms. The number of benzene rings is 3. The molecule has 0 saturated carbocycles. The van der Waals surface area contributed by atoms with Crippen LogP contribution in [-0.2, 0) is 4.79 Å². The Morgan fingerprint density at radius 1 is 0.944 bits per heavy atom. The number of hydrogen-bond donors (Lipinski definition) is 2. The summed E-state index contributed by atoms with van der Waals surface area (Å²) < 4.78 is 33.0. The Labute approximate surface area is 235 Å². The number of ether oxygens (including phenoxy) is 1. The molecule has 0 aromatic heterocycles. The Morgan fingerprint density at radius 2 is 1.53 bits per heavy atom. The number of halogens is 2. The van der Waals surface area contributed by atoms with E-state index in [0.717, 1.165) is 15.4 Å². The Kier molecular flexibility index (Phi) is 11.9. The average Bonchev–Trinajstić information content (AvgIpc) is 2.79. The van der Waals surface area contributed by atoms with Crippen LogP contribution in [0.15, 0.2) is 70.5 Å². The molecule has 0 saturated heterocycles. The molecule has 3 aromatic rings. The van der Waals surface area contributed by atoms with E-state index in [1.807, 2.05) is 26.0 Å². The van der Waals surface area contributed by atoms with Gasteiger partial charge in [-0.1, -0.05) is 37.7 Å². The van der Waals surface area contributed by atoms with Crippen molar-refractivity contribution in [3.63, 3.8) is 0 Å². The van der Waals surface area contributed by atoms with Crippen LogP contribution in [0.5, 0.6) is 5.75 Å². The number of aliphatic carboxylic acids is 1. The van der Waals surface area contributed by atoms with Gasteiger partial charge in [0, 0.05) is 34.2 Å². The average molecular weight is 525 g/mol. The van der Waals surface area contributed by atoms with Crippen molar-refractivity contribution in [2.75, 3.05) is 6.61 Å². The van der Waals surface area contributed by atoms with Gasteiger partial charge in [0.05, 0.1) is 12.2 Å². The number of carboxylic acids is 1. The first-order chi connectivity index (χ1) is 16.6. The number of carbonyl (C=O) groups excluding carboxylic acids is 1. The number of hydrogen-bond acceptors (Lipinski definition) is 6. The summed E-state index contributed by atoms with van der Waals surface area (Å²) in [5, 5.41) is 30.8. The second-order valence-electron chi connectivity index (χ2n) is 8.54. The van der Waals surface area contributed by atoms with Crippen LogP contribution in [0.3, 0.4) is 0 Å². The molecule has 0 aliphatic rings. The Hall–Kier alpha value is -1.94. The molecular formula is C27H27F2NaO5S. The number of aliphatic hydroxyl groups is 2. The van der Waals surface area contributed by atoms with E-state index in [1.165, 1.54) is 36.0 Å². The van der Waals surface area contributed by atoms with Gasteiger partial charge in [0.25, 0.3) is 0 Å². The van der Waals surface area contributed by atoms with Crippen molar-refractivity contribution in [1.82, 2.24) is 0 Å². The van der Waals surface area contributed by atoms with Crippen LogP contribution in [-0.4, -0.2) is 35.0 Å². The van der Waals surface area contributed by atoms with Gasteiger partial charge in [0.15, 0.2) is 0 Å². The van der Waals surface area contributed by atoms with E-state index in [2.05, 4.69) is 0 Å². The van der Waals surface area contributed by atoms with Crippen LogP contribution < -0.4 is 39.4 Å². The van der Waals surface area contributed by atoms with Crippen molar-refractivity contribution in [1.29, 1.82) is 0 Å². The maximum atomic E-state index is 13.6. The van der Waals surface area contributed by atoms with Crippen LogP contribution >= 0.6 is 11.8 Å². The topological polar surface area (TPSA) is 89.8 Å². The summed E-state index contributed by atoms with van der Waals surface area (Å²) in [6.07, 6.45) is -3.13. The zero-order valence-electron chi connectivity index (χ0n) is 20.4. The fourth-order valence-corrected chi connectivity index (χ4v) is 4.50. The van der Waals surface area contributed by atoms with E-state index >= 15 is 0 Å². The van der Waals surface area contributed by atoms with E-state index in [-0.39, 0.29) is 60.1 Å². The van der Waals surface area contributed by atoms with Gasteiger partial charge >= 0.3 is 29.6 Å². The zero-order valence-corrected chi connectivity index (χ0v) is 23.2. The number of rotatable bonds is 11. The third-order valence-electron chi connectivity index (χ3n) is 5.28.